The minimum Gasteiger partial charge on any atom is -0.386 e. The van der Waals surface area contributed by atoms with Gasteiger partial charge >= 0.3 is 0 Å². The molecule has 1 aromatic carbocycles. The van der Waals surface area contributed by atoms with Crippen LogP contribution in [0, 0.1) is 5.92 Å². The molecule has 19 heavy (non-hydrogen) atoms. The van der Waals surface area contributed by atoms with E-state index in [4.69, 9.17) is 23.2 Å². The third kappa shape index (κ3) is 2.62. The number of aromatic nitrogens is 1. The summed E-state index contributed by atoms with van der Waals surface area (Å²) in [6.07, 6.45) is 1.85. The molecule has 0 radical (unpaired) electrons. The summed E-state index contributed by atoms with van der Waals surface area (Å²) < 4.78 is 0. The second kappa shape index (κ2) is 5.12. The van der Waals surface area contributed by atoms with E-state index in [1.165, 1.54) is 11.8 Å². The molecule has 3 atom stereocenters. The van der Waals surface area contributed by atoms with Crippen molar-refractivity contribution in [3.05, 3.63) is 63.9 Å². The minimum absolute atomic E-state index is 0.188. The SMILES string of the molecule is OC(c1ncc(Cl)cc1Cl)C1CC1c1ccccc1. The first kappa shape index (κ1) is 12.9. The van der Waals surface area contributed by atoms with Crippen molar-refractivity contribution in [1.29, 1.82) is 0 Å². The molecule has 3 rings (SSSR count). The number of benzene rings is 1. The molecule has 1 fully saturated rings. The Hall–Kier alpha value is -1.09. The lowest BCUT2D eigenvalue weighted by Crippen LogP contribution is -2.04. The van der Waals surface area contributed by atoms with Crippen LogP contribution in [0.4, 0.5) is 0 Å². The molecule has 1 saturated carbocycles. The molecular weight excluding hydrogens is 281 g/mol. The van der Waals surface area contributed by atoms with Gasteiger partial charge in [0.1, 0.15) is 6.10 Å². The largest absolute Gasteiger partial charge is 0.386 e. The number of aliphatic hydroxyl groups excluding tert-OH is 1. The van der Waals surface area contributed by atoms with Crippen LogP contribution in [0.25, 0.3) is 0 Å². The van der Waals surface area contributed by atoms with Gasteiger partial charge < -0.3 is 5.11 Å². The van der Waals surface area contributed by atoms with E-state index in [1.807, 2.05) is 18.2 Å². The summed E-state index contributed by atoms with van der Waals surface area (Å²) in [6, 6.07) is 11.8. The van der Waals surface area contributed by atoms with Gasteiger partial charge in [-0.2, -0.15) is 0 Å². The van der Waals surface area contributed by atoms with Crippen LogP contribution in [-0.4, -0.2) is 10.1 Å². The second-order valence-electron chi connectivity index (χ2n) is 4.88. The highest BCUT2D eigenvalue weighted by Gasteiger charge is 2.44. The summed E-state index contributed by atoms with van der Waals surface area (Å²) in [6.45, 7) is 0. The molecule has 3 unspecified atom stereocenters. The van der Waals surface area contributed by atoms with E-state index < -0.39 is 6.10 Å². The maximum atomic E-state index is 10.4. The fraction of sp³-hybridized carbons (Fsp3) is 0.267. The Morgan fingerprint density at radius 1 is 1.21 bits per heavy atom. The highest BCUT2D eigenvalue weighted by atomic mass is 35.5. The molecule has 1 N–H and O–H groups in total. The summed E-state index contributed by atoms with van der Waals surface area (Å²) >= 11 is 11.9. The fourth-order valence-electron chi connectivity index (χ4n) is 2.49. The van der Waals surface area contributed by atoms with Gasteiger partial charge in [0, 0.05) is 6.20 Å². The van der Waals surface area contributed by atoms with Gasteiger partial charge in [0.05, 0.1) is 15.7 Å². The van der Waals surface area contributed by atoms with Crippen molar-refractivity contribution < 1.29 is 5.11 Å². The normalized spacial score (nSPS) is 23.1. The van der Waals surface area contributed by atoms with E-state index in [9.17, 15) is 5.11 Å². The summed E-state index contributed by atoms with van der Waals surface area (Å²) in [5, 5.41) is 11.3. The van der Waals surface area contributed by atoms with Crippen molar-refractivity contribution in [3.8, 4) is 0 Å². The van der Waals surface area contributed by atoms with Crippen molar-refractivity contribution >= 4 is 23.2 Å². The predicted octanol–water partition coefficient (Wildman–Crippen LogP) is 4.23. The number of nitrogens with zero attached hydrogens (tertiary/aromatic N) is 1. The van der Waals surface area contributed by atoms with Crippen molar-refractivity contribution in [2.75, 3.05) is 0 Å². The molecule has 0 amide bonds. The Morgan fingerprint density at radius 3 is 2.63 bits per heavy atom. The van der Waals surface area contributed by atoms with Crippen LogP contribution in [0.5, 0.6) is 0 Å². The maximum absolute atomic E-state index is 10.4. The van der Waals surface area contributed by atoms with Crippen molar-refractivity contribution in [2.24, 2.45) is 5.92 Å². The molecule has 2 nitrogen and oxygen atoms in total. The Kier molecular flexibility index (Phi) is 3.48. The Labute approximate surface area is 122 Å². The van der Waals surface area contributed by atoms with Crippen molar-refractivity contribution in [1.82, 2.24) is 4.98 Å². The third-order valence-corrected chi connectivity index (χ3v) is 4.10. The van der Waals surface area contributed by atoms with Crippen LogP contribution in [0.15, 0.2) is 42.6 Å². The quantitative estimate of drug-likeness (QED) is 0.919. The van der Waals surface area contributed by atoms with Gasteiger partial charge in [-0.3, -0.25) is 4.98 Å². The second-order valence-corrected chi connectivity index (χ2v) is 5.73. The zero-order chi connectivity index (χ0) is 13.4. The number of aliphatic hydroxyl groups is 1. The van der Waals surface area contributed by atoms with Crippen LogP contribution in [0.3, 0.4) is 0 Å². The van der Waals surface area contributed by atoms with Crippen LogP contribution in [0.2, 0.25) is 10.0 Å². The molecule has 2 aromatic rings. The van der Waals surface area contributed by atoms with Crippen LogP contribution in [-0.2, 0) is 0 Å². The van der Waals surface area contributed by atoms with Gasteiger partial charge in [-0.15, -0.1) is 0 Å². The highest BCUT2D eigenvalue weighted by Crippen LogP contribution is 2.54. The first-order valence-corrected chi connectivity index (χ1v) is 6.96. The number of halogens is 2. The first-order valence-electron chi connectivity index (χ1n) is 6.21. The Bertz CT molecular complexity index is 588. The summed E-state index contributed by atoms with van der Waals surface area (Å²) in [5.41, 5.74) is 1.78. The molecule has 1 aliphatic carbocycles. The van der Waals surface area contributed by atoms with Gasteiger partial charge in [0.15, 0.2) is 0 Å². The van der Waals surface area contributed by atoms with Gasteiger partial charge in [-0.05, 0) is 29.9 Å². The Balaban J connectivity index is 1.78. The Morgan fingerprint density at radius 2 is 1.95 bits per heavy atom. The fourth-order valence-corrected chi connectivity index (χ4v) is 2.98. The van der Waals surface area contributed by atoms with E-state index in [2.05, 4.69) is 17.1 Å². The average Bonchev–Trinajstić information content (AvgIpc) is 3.19. The zero-order valence-electron chi connectivity index (χ0n) is 10.1. The van der Waals surface area contributed by atoms with E-state index in [1.54, 1.807) is 6.07 Å². The van der Waals surface area contributed by atoms with Gasteiger partial charge in [0.2, 0.25) is 0 Å². The van der Waals surface area contributed by atoms with Gasteiger partial charge in [0.25, 0.3) is 0 Å². The number of pyridine rings is 1. The van der Waals surface area contributed by atoms with Crippen LogP contribution in [0.1, 0.15) is 29.7 Å². The number of hydrogen-bond donors (Lipinski definition) is 1. The molecule has 4 heteroatoms. The van der Waals surface area contributed by atoms with Crippen molar-refractivity contribution in [2.45, 2.75) is 18.4 Å². The smallest absolute Gasteiger partial charge is 0.101 e. The van der Waals surface area contributed by atoms with Gasteiger partial charge in [-0.25, -0.2) is 0 Å². The summed E-state index contributed by atoms with van der Waals surface area (Å²) in [5.74, 6) is 0.582. The van der Waals surface area contributed by atoms with Crippen LogP contribution >= 0.6 is 23.2 Å². The predicted molar refractivity (Wildman–Crippen MR) is 76.5 cm³/mol. The standard InChI is InChI=1S/C15H13Cl2NO/c16-10-6-13(17)14(18-8-10)15(19)12-7-11(12)9-4-2-1-3-5-9/h1-6,8,11-12,15,19H,7H2. The lowest BCUT2D eigenvalue weighted by molar-refractivity contribution is 0.146. The lowest BCUT2D eigenvalue weighted by Gasteiger charge is -2.11. The molecule has 0 saturated heterocycles. The molecule has 1 heterocycles. The maximum Gasteiger partial charge on any atom is 0.101 e. The lowest BCUT2D eigenvalue weighted by atomic mass is 10.0. The van der Waals surface area contributed by atoms with E-state index >= 15 is 0 Å². The van der Waals surface area contributed by atoms with E-state index in [-0.39, 0.29) is 5.92 Å². The zero-order valence-corrected chi connectivity index (χ0v) is 11.6. The number of rotatable bonds is 3. The summed E-state index contributed by atoms with van der Waals surface area (Å²) in [4.78, 5) is 4.15. The van der Waals surface area contributed by atoms with Crippen molar-refractivity contribution in [3.63, 3.8) is 0 Å². The molecule has 0 spiro atoms. The highest BCUT2D eigenvalue weighted by molar-refractivity contribution is 6.34. The molecule has 0 aliphatic heterocycles. The third-order valence-electron chi connectivity index (χ3n) is 3.59. The van der Waals surface area contributed by atoms with Crippen LogP contribution < -0.4 is 0 Å². The van der Waals surface area contributed by atoms with E-state index in [0.29, 0.717) is 21.7 Å². The summed E-state index contributed by atoms with van der Waals surface area (Å²) in [7, 11) is 0. The topological polar surface area (TPSA) is 33.1 Å². The monoisotopic (exact) mass is 293 g/mol. The van der Waals surface area contributed by atoms with E-state index in [0.717, 1.165) is 6.42 Å². The molecule has 0 bridgehead atoms. The first-order chi connectivity index (χ1) is 9.16. The average molecular weight is 294 g/mol. The van der Waals surface area contributed by atoms with Gasteiger partial charge in [-0.1, -0.05) is 53.5 Å². The number of hydrogen-bond acceptors (Lipinski definition) is 2. The molecule has 98 valence electrons. The molecule has 1 aliphatic rings. The molecular formula is C15H13Cl2NO. The molecule has 1 aromatic heterocycles. The minimum atomic E-state index is -0.630.